The van der Waals surface area contributed by atoms with Crippen molar-refractivity contribution in [3.63, 3.8) is 0 Å². The SMILES string of the molecule is CCOc1c(C(C)CC)cccc1[C@@H](C)C1CC1. The zero-order valence-corrected chi connectivity index (χ0v) is 12.2. The molecule has 0 aliphatic heterocycles. The fourth-order valence-corrected chi connectivity index (χ4v) is 2.70. The van der Waals surface area contributed by atoms with Gasteiger partial charge in [-0.15, -0.1) is 0 Å². The number of benzene rings is 1. The van der Waals surface area contributed by atoms with Crippen LogP contribution in [0.2, 0.25) is 0 Å². The monoisotopic (exact) mass is 246 g/mol. The first-order valence-electron chi connectivity index (χ1n) is 7.44. The molecular formula is C17H26O. The van der Waals surface area contributed by atoms with E-state index in [2.05, 4.69) is 45.9 Å². The van der Waals surface area contributed by atoms with Crippen LogP contribution in [0.1, 0.15) is 69.9 Å². The van der Waals surface area contributed by atoms with Crippen LogP contribution < -0.4 is 4.74 Å². The molecule has 1 heteroatoms. The summed E-state index contributed by atoms with van der Waals surface area (Å²) in [6.07, 6.45) is 3.95. The normalized spacial score (nSPS) is 18.4. The smallest absolute Gasteiger partial charge is 0.126 e. The summed E-state index contributed by atoms with van der Waals surface area (Å²) in [4.78, 5) is 0. The molecule has 1 nitrogen and oxygen atoms in total. The van der Waals surface area contributed by atoms with Crippen molar-refractivity contribution < 1.29 is 4.74 Å². The topological polar surface area (TPSA) is 9.23 Å². The highest BCUT2D eigenvalue weighted by molar-refractivity contribution is 5.45. The summed E-state index contributed by atoms with van der Waals surface area (Å²) in [6.45, 7) is 9.74. The average Bonchev–Trinajstić information content (AvgIpc) is 3.22. The van der Waals surface area contributed by atoms with Gasteiger partial charge in [-0.25, -0.2) is 0 Å². The fourth-order valence-electron chi connectivity index (χ4n) is 2.70. The van der Waals surface area contributed by atoms with Crippen molar-refractivity contribution in [1.82, 2.24) is 0 Å². The summed E-state index contributed by atoms with van der Waals surface area (Å²) < 4.78 is 5.99. The maximum Gasteiger partial charge on any atom is 0.126 e. The fraction of sp³-hybridized carbons (Fsp3) is 0.647. The van der Waals surface area contributed by atoms with E-state index in [0.29, 0.717) is 11.8 Å². The van der Waals surface area contributed by atoms with Crippen LogP contribution in [0.3, 0.4) is 0 Å². The summed E-state index contributed by atoms with van der Waals surface area (Å²) in [7, 11) is 0. The molecule has 0 radical (unpaired) electrons. The van der Waals surface area contributed by atoms with Gasteiger partial charge < -0.3 is 4.74 Å². The van der Waals surface area contributed by atoms with E-state index in [9.17, 15) is 0 Å². The Kier molecular flexibility index (Phi) is 4.31. The van der Waals surface area contributed by atoms with Crippen LogP contribution in [0.15, 0.2) is 18.2 Å². The molecule has 0 spiro atoms. The maximum absolute atomic E-state index is 5.99. The van der Waals surface area contributed by atoms with Crippen LogP contribution >= 0.6 is 0 Å². The Morgan fingerprint density at radius 3 is 2.39 bits per heavy atom. The van der Waals surface area contributed by atoms with Gasteiger partial charge in [0.1, 0.15) is 5.75 Å². The van der Waals surface area contributed by atoms with Crippen molar-refractivity contribution in [2.75, 3.05) is 6.61 Å². The number of rotatable bonds is 6. The van der Waals surface area contributed by atoms with E-state index in [-0.39, 0.29) is 0 Å². The van der Waals surface area contributed by atoms with Crippen LogP contribution in [-0.4, -0.2) is 6.61 Å². The molecule has 0 amide bonds. The highest BCUT2D eigenvalue weighted by atomic mass is 16.5. The van der Waals surface area contributed by atoms with E-state index in [1.165, 1.54) is 36.1 Å². The number of hydrogen-bond acceptors (Lipinski definition) is 1. The first kappa shape index (κ1) is 13.5. The second-order valence-electron chi connectivity index (χ2n) is 5.63. The minimum atomic E-state index is 0.581. The average molecular weight is 246 g/mol. The van der Waals surface area contributed by atoms with E-state index in [1.54, 1.807) is 0 Å². The minimum Gasteiger partial charge on any atom is -0.493 e. The number of para-hydroxylation sites is 1. The molecule has 2 atom stereocenters. The molecule has 1 aromatic rings. The Balaban J connectivity index is 2.37. The third-order valence-electron chi connectivity index (χ3n) is 4.33. The Labute approximate surface area is 112 Å². The van der Waals surface area contributed by atoms with Gasteiger partial charge in [0.15, 0.2) is 0 Å². The van der Waals surface area contributed by atoms with Crippen LogP contribution in [0, 0.1) is 5.92 Å². The van der Waals surface area contributed by atoms with Crippen LogP contribution in [-0.2, 0) is 0 Å². The van der Waals surface area contributed by atoms with Gasteiger partial charge in [-0.1, -0.05) is 39.0 Å². The minimum absolute atomic E-state index is 0.581. The summed E-state index contributed by atoms with van der Waals surface area (Å²) >= 11 is 0. The molecule has 100 valence electrons. The Morgan fingerprint density at radius 1 is 1.17 bits per heavy atom. The molecule has 1 aromatic carbocycles. The Bertz CT molecular complexity index is 393. The lowest BCUT2D eigenvalue weighted by Crippen LogP contribution is -2.06. The van der Waals surface area contributed by atoms with E-state index < -0.39 is 0 Å². The van der Waals surface area contributed by atoms with E-state index >= 15 is 0 Å². The van der Waals surface area contributed by atoms with E-state index in [0.717, 1.165) is 12.5 Å². The van der Waals surface area contributed by atoms with E-state index in [4.69, 9.17) is 4.74 Å². The van der Waals surface area contributed by atoms with Crippen molar-refractivity contribution >= 4 is 0 Å². The second kappa shape index (κ2) is 5.77. The van der Waals surface area contributed by atoms with Gasteiger partial charge in [-0.3, -0.25) is 0 Å². The molecule has 1 aliphatic carbocycles. The van der Waals surface area contributed by atoms with Crippen LogP contribution in [0.25, 0.3) is 0 Å². The summed E-state index contributed by atoms with van der Waals surface area (Å²) in [5, 5.41) is 0. The molecule has 0 bridgehead atoms. The van der Waals surface area contributed by atoms with E-state index in [1.807, 2.05) is 0 Å². The molecule has 1 fully saturated rings. The first-order chi connectivity index (χ1) is 8.69. The van der Waals surface area contributed by atoms with Crippen molar-refractivity contribution in [2.24, 2.45) is 5.92 Å². The molecule has 0 heterocycles. The van der Waals surface area contributed by atoms with Gasteiger partial charge in [-0.2, -0.15) is 0 Å². The molecule has 0 N–H and O–H groups in total. The lowest BCUT2D eigenvalue weighted by molar-refractivity contribution is 0.327. The van der Waals surface area contributed by atoms with Gasteiger partial charge >= 0.3 is 0 Å². The molecule has 2 rings (SSSR count). The molecule has 0 saturated heterocycles. The Hall–Kier alpha value is -0.980. The zero-order valence-electron chi connectivity index (χ0n) is 12.2. The van der Waals surface area contributed by atoms with Gasteiger partial charge in [-0.05, 0) is 55.1 Å². The van der Waals surface area contributed by atoms with Crippen LogP contribution in [0.5, 0.6) is 5.75 Å². The van der Waals surface area contributed by atoms with Gasteiger partial charge in [0.25, 0.3) is 0 Å². The molecule has 1 unspecified atom stereocenters. The molecular weight excluding hydrogens is 220 g/mol. The maximum atomic E-state index is 5.99. The number of hydrogen-bond donors (Lipinski definition) is 0. The second-order valence-corrected chi connectivity index (χ2v) is 5.63. The van der Waals surface area contributed by atoms with Crippen LogP contribution in [0.4, 0.5) is 0 Å². The molecule has 0 aromatic heterocycles. The predicted molar refractivity (Wildman–Crippen MR) is 77.5 cm³/mol. The van der Waals surface area contributed by atoms with Gasteiger partial charge in [0.2, 0.25) is 0 Å². The summed E-state index contributed by atoms with van der Waals surface area (Å²) in [5.74, 6) is 3.29. The number of ether oxygens (including phenoxy) is 1. The third-order valence-corrected chi connectivity index (χ3v) is 4.33. The summed E-state index contributed by atoms with van der Waals surface area (Å²) in [5.41, 5.74) is 2.82. The summed E-state index contributed by atoms with van der Waals surface area (Å²) in [6, 6.07) is 6.71. The molecule has 18 heavy (non-hydrogen) atoms. The lowest BCUT2D eigenvalue weighted by Gasteiger charge is -2.22. The predicted octanol–water partition coefficient (Wildman–Crippen LogP) is 5.11. The Morgan fingerprint density at radius 2 is 1.83 bits per heavy atom. The van der Waals surface area contributed by atoms with Crippen molar-refractivity contribution in [3.8, 4) is 5.75 Å². The lowest BCUT2D eigenvalue weighted by atomic mass is 9.89. The highest BCUT2D eigenvalue weighted by Gasteiger charge is 2.31. The zero-order chi connectivity index (χ0) is 13.1. The molecule has 1 saturated carbocycles. The van der Waals surface area contributed by atoms with Crippen molar-refractivity contribution in [1.29, 1.82) is 0 Å². The van der Waals surface area contributed by atoms with Gasteiger partial charge in [0, 0.05) is 0 Å². The van der Waals surface area contributed by atoms with Crippen molar-refractivity contribution in [3.05, 3.63) is 29.3 Å². The van der Waals surface area contributed by atoms with Crippen molar-refractivity contribution in [2.45, 2.75) is 58.8 Å². The quantitative estimate of drug-likeness (QED) is 0.677. The third kappa shape index (κ3) is 2.71. The largest absolute Gasteiger partial charge is 0.493 e. The van der Waals surface area contributed by atoms with Gasteiger partial charge in [0.05, 0.1) is 6.61 Å². The standard InChI is InChI=1S/C17H26O/c1-5-12(3)15-8-7-9-16(17(15)18-6-2)13(4)14-10-11-14/h7-9,12-14H,5-6,10-11H2,1-4H3/t12?,13-/m0/s1. The first-order valence-corrected chi connectivity index (χ1v) is 7.44. The molecule has 1 aliphatic rings. The highest BCUT2D eigenvalue weighted by Crippen LogP contribution is 2.46.